The van der Waals surface area contributed by atoms with Crippen LogP contribution < -0.4 is 9.64 Å². The predicted molar refractivity (Wildman–Crippen MR) is 130 cm³/mol. The number of thiazole rings is 1. The lowest BCUT2D eigenvalue weighted by atomic mass is 10.1. The van der Waals surface area contributed by atoms with Crippen LogP contribution in [0.3, 0.4) is 0 Å². The fraction of sp³-hybridized carbons (Fsp3) is 0.231. The maximum absolute atomic E-state index is 13.0. The van der Waals surface area contributed by atoms with Gasteiger partial charge in [-0.25, -0.2) is 4.98 Å². The largest absolute Gasteiger partial charge is 0.457 e. The lowest BCUT2D eigenvalue weighted by Gasteiger charge is -2.34. The van der Waals surface area contributed by atoms with E-state index < -0.39 is 0 Å². The number of carbonyl (C=O) groups is 1. The zero-order valence-electron chi connectivity index (χ0n) is 18.2. The summed E-state index contributed by atoms with van der Waals surface area (Å²) in [5.74, 6) is 1.56. The third-order valence-corrected chi connectivity index (χ3v) is 6.99. The summed E-state index contributed by atoms with van der Waals surface area (Å²) in [4.78, 5) is 22.1. The van der Waals surface area contributed by atoms with Crippen LogP contribution in [0.1, 0.15) is 21.5 Å². The third-order valence-electron chi connectivity index (χ3n) is 5.73. The number of carbonyl (C=O) groups excluding carboxylic acids is 1. The van der Waals surface area contributed by atoms with Crippen molar-refractivity contribution in [3.05, 3.63) is 83.4 Å². The Kier molecular flexibility index (Phi) is 5.53. The lowest BCUT2D eigenvalue weighted by molar-refractivity contribution is 0.0747. The summed E-state index contributed by atoms with van der Waals surface area (Å²) < 4.78 is 7.08. The van der Waals surface area contributed by atoms with Crippen molar-refractivity contribution >= 4 is 32.6 Å². The average molecular weight is 444 g/mol. The Balaban J connectivity index is 1.22. The minimum absolute atomic E-state index is 0.0617. The Bertz CT molecular complexity index is 1240. The summed E-state index contributed by atoms with van der Waals surface area (Å²) in [6, 6.07) is 21.4. The van der Waals surface area contributed by atoms with Crippen molar-refractivity contribution in [2.75, 3.05) is 31.1 Å². The van der Waals surface area contributed by atoms with Gasteiger partial charge in [0.1, 0.15) is 11.5 Å². The molecule has 0 aliphatic carbocycles. The van der Waals surface area contributed by atoms with E-state index in [4.69, 9.17) is 9.72 Å². The highest BCUT2D eigenvalue weighted by atomic mass is 32.1. The Hall–Kier alpha value is -3.38. The van der Waals surface area contributed by atoms with Crippen LogP contribution in [-0.2, 0) is 0 Å². The number of fused-ring (bicyclic) bond motifs is 1. The first kappa shape index (κ1) is 20.5. The molecule has 0 N–H and O–H groups in total. The number of hydrogen-bond acceptors (Lipinski definition) is 5. The van der Waals surface area contributed by atoms with Crippen molar-refractivity contribution < 1.29 is 9.53 Å². The van der Waals surface area contributed by atoms with E-state index in [1.807, 2.05) is 59.5 Å². The summed E-state index contributed by atoms with van der Waals surface area (Å²) in [6.07, 6.45) is 0. The van der Waals surface area contributed by atoms with Gasteiger partial charge in [0.2, 0.25) is 0 Å². The molecule has 5 nitrogen and oxygen atoms in total. The lowest BCUT2D eigenvalue weighted by Crippen LogP contribution is -2.48. The summed E-state index contributed by atoms with van der Waals surface area (Å²) in [5.41, 5.74) is 4.27. The first-order valence-corrected chi connectivity index (χ1v) is 11.6. The van der Waals surface area contributed by atoms with Gasteiger partial charge in [-0.05, 0) is 67.4 Å². The van der Waals surface area contributed by atoms with Gasteiger partial charge in [-0.3, -0.25) is 4.79 Å². The van der Waals surface area contributed by atoms with Gasteiger partial charge in [0.25, 0.3) is 5.91 Å². The van der Waals surface area contributed by atoms with Gasteiger partial charge in [0, 0.05) is 31.7 Å². The monoisotopic (exact) mass is 443 g/mol. The van der Waals surface area contributed by atoms with Gasteiger partial charge in [-0.15, -0.1) is 0 Å². The number of ether oxygens (including phenoxy) is 1. The van der Waals surface area contributed by atoms with Crippen LogP contribution in [0.4, 0.5) is 5.13 Å². The summed E-state index contributed by atoms with van der Waals surface area (Å²) >= 11 is 1.74. The molecule has 0 bridgehead atoms. The van der Waals surface area contributed by atoms with Crippen LogP contribution in [0.5, 0.6) is 11.5 Å². The second-order valence-electron chi connectivity index (χ2n) is 8.15. The van der Waals surface area contributed by atoms with Crippen LogP contribution >= 0.6 is 11.3 Å². The van der Waals surface area contributed by atoms with Crippen LogP contribution in [-0.4, -0.2) is 42.0 Å². The van der Waals surface area contributed by atoms with E-state index >= 15 is 0 Å². The second kappa shape index (κ2) is 8.63. The molecule has 4 aromatic rings. The zero-order valence-corrected chi connectivity index (χ0v) is 19.1. The summed E-state index contributed by atoms with van der Waals surface area (Å²) in [6.45, 7) is 7.21. The number of rotatable bonds is 4. The number of piperazine rings is 1. The molecule has 5 rings (SSSR count). The normalized spacial score (nSPS) is 14.1. The van der Waals surface area contributed by atoms with E-state index in [1.165, 1.54) is 15.8 Å². The zero-order chi connectivity index (χ0) is 22.1. The first-order valence-electron chi connectivity index (χ1n) is 10.8. The summed E-state index contributed by atoms with van der Waals surface area (Å²) in [7, 11) is 0. The maximum Gasteiger partial charge on any atom is 0.253 e. The molecule has 32 heavy (non-hydrogen) atoms. The van der Waals surface area contributed by atoms with Crippen molar-refractivity contribution in [3.63, 3.8) is 0 Å². The molecule has 0 unspecified atom stereocenters. The van der Waals surface area contributed by atoms with E-state index in [1.54, 1.807) is 11.3 Å². The highest BCUT2D eigenvalue weighted by Gasteiger charge is 2.24. The van der Waals surface area contributed by atoms with Crippen LogP contribution in [0, 0.1) is 13.8 Å². The van der Waals surface area contributed by atoms with Gasteiger partial charge < -0.3 is 14.5 Å². The van der Waals surface area contributed by atoms with Gasteiger partial charge in [-0.2, -0.15) is 0 Å². The number of benzene rings is 3. The average Bonchev–Trinajstić information content (AvgIpc) is 3.24. The number of amides is 1. The second-order valence-corrected chi connectivity index (χ2v) is 9.12. The molecule has 0 atom stereocenters. The third kappa shape index (κ3) is 4.18. The van der Waals surface area contributed by atoms with Crippen molar-refractivity contribution in [2.45, 2.75) is 13.8 Å². The van der Waals surface area contributed by atoms with E-state index in [0.717, 1.165) is 35.2 Å². The Morgan fingerprint density at radius 3 is 2.31 bits per heavy atom. The van der Waals surface area contributed by atoms with E-state index in [2.05, 4.69) is 30.9 Å². The number of aryl methyl sites for hydroxylation is 2. The van der Waals surface area contributed by atoms with Crippen LogP contribution in [0.15, 0.2) is 66.7 Å². The van der Waals surface area contributed by atoms with Gasteiger partial charge in [0.15, 0.2) is 5.13 Å². The number of hydrogen-bond donors (Lipinski definition) is 0. The number of nitrogens with zero attached hydrogens (tertiary/aromatic N) is 3. The number of anilines is 1. The molecule has 1 aromatic heterocycles. The minimum Gasteiger partial charge on any atom is -0.457 e. The molecule has 2 heterocycles. The standard InChI is InChI=1S/C26H25N3O2S/c1-18-16-19(2)24-23(17-18)27-26(32-24)29-14-12-28(13-15-29)25(30)20-8-10-22(11-9-20)31-21-6-4-3-5-7-21/h3-11,16-17H,12-15H2,1-2H3. The SMILES string of the molecule is Cc1cc(C)c2sc(N3CCN(C(=O)c4ccc(Oc5ccccc5)cc4)CC3)nc2c1. The molecule has 1 aliphatic rings. The quantitative estimate of drug-likeness (QED) is 0.408. The van der Waals surface area contributed by atoms with Crippen molar-refractivity contribution in [1.29, 1.82) is 0 Å². The molecule has 1 aliphatic heterocycles. The van der Waals surface area contributed by atoms with Crippen LogP contribution in [0.25, 0.3) is 10.2 Å². The fourth-order valence-corrected chi connectivity index (χ4v) is 5.14. The predicted octanol–water partition coefficient (Wildman–Crippen LogP) is 5.67. The molecule has 162 valence electrons. The Morgan fingerprint density at radius 2 is 1.59 bits per heavy atom. The smallest absolute Gasteiger partial charge is 0.253 e. The highest BCUT2D eigenvalue weighted by Crippen LogP contribution is 2.32. The van der Waals surface area contributed by atoms with Gasteiger partial charge in [0.05, 0.1) is 10.2 Å². The van der Waals surface area contributed by atoms with Gasteiger partial charge in [-0.1, -0.05) is 35.6 Å². The molecule has 0 spiro atoms. The topological polar surface area (TPSA) is 45.7 Å². The minimum atomic E-state index is 0.0617. The van der Waals surface area contributed by atoms with Crippen molar-refractivity contribution in [2.24, 2.45) is 0 Å². The van der Waals surface area contributed by atoms with Crippen LogP contribution in [0.2, 0.25) is 0 Å². The van der Waals surface area contributed by atoms with E-state index in [0.29, 0.717) is 18.7 Å². The molecule has 0 radical (unpaired) electrons. The summed E-state index contributed by atoms with van der Waals surface area (Å²) in [5, 5.41) is 1.04. The van der Waals surface area contributed by atoms with Crippen molar-refractivity contribution in [1.82, 2.24) is 9.88 Å². The van der Waals surface area contributed by atoms with E-state index in [9.17, 15) is 4.79 Å². The highest BCUT2D eigenvalue weighted by molar-refractivity contribution is 7.22. The molecule has 0 saturated carbocycles. The molecule has 1 saturated heterocycles. The molecule has 1 fully saturated rings. The Morgan fingerprint density at radius 1 is 0.906 bits per heavy atom. The number of para-hydroxylation sites is 1. The molecular formula is C26H25N3O2S. The first-order chi connectivity index (χ1) is 15.6. The Labute approximate surface area is 191 Å². The maximum atomic E-state index is 13.0. The van der Waals surface area contributed by atoms with Crippen molar-refractivity contribution in [3.8, 4) is 11.5 Å². The molecule has 1 amide bonds. The number of aromatic nitrogens is 1. The van der Waals surface area contributed by atoms with Gasteiger partial charge >= 0.3 is 0 Å². The molecule has 3 aromatic carbocycles. The molecule has 6 heteroatoms. The fourth-order valence-electron chi connectivity index (χ4n) is 4.07. The molecular weight excluding hydrogens is 418 g/mol. The van der Waals surface area contributed by atoms with E-state index in [-0.39, 0.29) is 5.91 Å².